The molecule has 0 saturated carbocycles. The maximum atomic E-state index is 9.32. The molecule has 0 aliphatic heterocycles. The first-order valence-electron chi connectivity index (χ1n) is 10.1. The van der Waals surface area contributed by atoms with Gasteiger partial charge in [-0.25, -0.2) is 0 Å². The van der Waals surface area contributed by atoms with Crippen LogP contribution in [0.3, 0.4) is 0 Å². The van der Waals surface area contributed by atoms with Crippen LogP contribution >= 0.6 is 7.26 Å². The Bertz CT molecular complexity index is 1220. The summed E-state index contributed by atoms with van der Waals surface area (Å²) in [5.74, 6) is 0. The van der Waals surface area contributed by atoms with Crippen molar-refractivity contribution in [2.75, 3.05) is 0 Å². The Hall–Kier alpha value is -4.73. The fraction of sp³-hybridized carbons (Fsp3) is 0. The summed E-state index contributed by atoms with van der Waals surface area (Å²) in [6.45, 7) is 0. The van der Waals surface area contributed by atoms with E-state index in [4.69, 9.17) is 0 Å². The molecular formula is C28H16N4P+. The molecule has 0 N–H and O–H groups in total. The molecule has 33 heavy (non-hydrogen) atoms. The molecule has 5 heteroatoms. The first kappa shape index (κ1) is 21.5. The molecule has 0 fully saturated rings. The van der Waals surface area contributed by atoms with Gasteiger partial charge in [0.1, 0.15) is 28.5 Å². The maximum Gasteiger partial charge on any atom is 0.144 e. The third-order valence-corrected chi connectivity index (χ3v) is 9.83. The minimum atomic E-state index is -2.46. The topological polar surface area (TPSA) is 95.2 Å². The highest BCUT2D eigenvalue weighted by Gasteiger charge is 2.48. The summed E-state index contributed by atoms with van der Waals surface area (Å²) in [6, 6.07) is 38.9. The van der Waals surface area contributed by atoms with E-state index >= 15 is 0 Å². The van der Waals surface area contributed by atoms with Gasteiger partial charge in [0.15, 0.2) is 0 Å². The Morgan fingerprint density at radius 2 is 0.515 bits per heavy atom. The summed E-state index contributed by atoms with van der Waals surface area (Å²) in [5.41, 5.74) is 2.26. The van der Waals surface area contributed by atoms with Crippen molar-refractivity contribution in [3.63, 3.8) is 0 Å². The monoisotopic (exact) mass is 439 g/mol. The van der Waals surface area contributed by atoms with Gasteiger partial charge in [-0.1, -0.05) is 0 Å². The van der Waals surface area contributed by atoms with Crippen LogP contribution in [0.25, 0.3) is 0 Å². The molecule has 0 aliphatic carbocycles. The van der Waals surface area contributed by atoms with Gasteiger partial charge in [-0.05, 0) is 97.1 Å². The Morgan fingerprint density at radius 3 is 0.667 bits per heavy atom. The average Bonchev–Trinajstić information content (AvgIpc) is 2.90. The lowest BCUT2D eigenvalue weighted by Gasteiger charge is -2.27. The molecule has 0 saturated heterocycles. The second kappa shape index (κ2) is 9.18. The Labute approximate surface area is 193 Å². The molecule has 0 aromatic heterocycles. The number of hydrogen-bond donors (Lipinski definition) is 0. The number of rotatable bonds is 4. The SMILES string of the molecule is N#Cc1ccc([P+](c2ccc(C#N)cc2)(c2ccc(C#N)cc2)c2ccc(C#N)cc2)cc1. The van der Waals surface area contributed by atoms with Crippen LogP contribution in [0.2, 0.25) is 0 Å². The third kappa shape index (κ3) is 3.85. The summed E-state index contributed by atoms with van der Waals surface area (Å²) in [6.07, 6.45) is 0. The van der Waals surface area contributed by atoms with E-state index in [-0.39, 0.29) is 0 Å². The lowest BCUT2D eigenvalue weighted by molar-refractivity contribution is 1.49. The number of hydrogen-bond acceptors (Lipinski definition) is 4. The van der Waals surface area contributed by atoms with Gasteiger partial charge in [-0.3, -0.25) is 0 Å². The molecule has 0 amide bonds. The van der Waals surface area contributed by atoms with Crippen molar-refractivity contribution in [1.29, 1.82) is 21.0 Å². The smallest absolute Gasteiger partial charge is 0.144 e. The molecule has 0 bridgehead atoms. The van der Waals surface area contributed by atoms with E-state index in [0.29, 0.717) is 22.3 Å². The highest BCUT2D eigenvalue weighted by molar-refractivity contribution is 8.01. The van der Waals surface area contributed by atoms with Gasteiger partial charge in [0.25, 0.3) is 0 Å². The number of benzene rings is 4. The van der Waals surface area contributed by atoms with Crippen molar-refractivity contribution >= 4 is 28.5 Å². The second-order valence-electron chi connectivity index (χ2n) is 7.31. The van der Waals surface area contributed by atoms with Crippen LogP contribution in [-0.4, -0.2) is 0 Å². The van der Waals surface area contributed by atoms with Crippen LogP contribution in [0, 0.1) is 45.3 Å². The number of nitrogens with zero attached hydrogens (tertiary/aromatic N) is 4. The van der Waals surface area contributed by atoms with Crippen molar-refractivity contribution in [3.05, 3.63) is 119 Å². The van der Waals surface area contributed by atoms with Crippen molar-refractivity contribution in [3.8, 4) is 24.3 Å². The van der Waals surface area contributed by atoms with Gasteiger partial charge in [-0.2, -0.15) is 21.0 Å². The minimum Gasteiger partial charge on any atom is -0.192 e. The lowest BCUT2D eigenvalue weighted by Crippen LogP contribution is -2.38. The fourth-order valence-corrected chi connectivity index (χ4v) is 8.11. The molecule has 0 spiro atoms. The summed E-state index contributed by atoms with van der Waals surface area (Å²) in [7, 11) is -2.46. The quantitative estimate of drug-likeness (QED) is 0.452. The summed E-state index contributed by atoms with van der Waals surface area (Å²) in [5, 5.41) is 41.4. The number of nitriles is 4. The molecule has 0 aliphatic rings. The molecule has 0 radical (unpaired) electrons. The summed E-state index contributed by atoms with van der Waals surface area (Å²) in [4.78, 5) is 0. The molecule has 4 aromatic rings. The molecule has 4 nitrogen and oxygen atoms in total. The second-order valence-corrected chi connectivity index (χ2v) is 10.7. The van der Waals surface area contributed by atoms with E-state index in [1.807, 2.05) is 48.5 Å². The molecule has 152 valence electrons. The van der Waals surface area contributed by atoms with Crippen LogP contribution in [0.1, 0.15) is 22.3 Å². The Morgan fingerprint density at radius 1 is 0.333 bits per heavy atom. The molecule has 0 unspecified atom stereocenters. The van der Waals surface area contributed by atoms with Gasteiger partial charge in [0.2, 0.25) is 0 Å². The van der Waals surface area contributed by atoms with Crippen molar-refractivity contribution < 1.29 is 0 Å². The van der Waals surface area contributed by atoms with Crippen molar-refractivity contribution in [2.45, 2.75) is 0 Å². The largest absolute Gasteiger partial charge is 0.192 e. The van der Waals surface area contributed by atoms with E-state index in [1.54, 1.807) is 48.5 Å². The molecule has 0 heterocycles. The van der Waals surface area contributed by atoms with E-state index in [2.05, 4.69) is 24.3 Å². The van der Waals surface area contributed by atoms with Gasteiger partial charge < -0.3 is 0 Å². The third-order valence-electron chi connectivity index (χ3n) is 5.53. The van der Waals surface area contributed by atoms with Crippen LogP contribution in [0.15, 0.2) is 97.1 Å². The minimum absolute atomic E-state index is 0.566. The predicted octanol–water partition coefficient (Wildman–Crippen LogP) is 3.79. The van der Waals surface area contributed by atoms with Gasteiger partial charge in [0.05, 0.1) is 46.5 Å². The van der Waals surface area contributed by atoms with Crippen LogP contribution in [0.5, 0.6) is 0 Å². The van der Waals surface area contributed by atoms with Gasteiger partial charge in [-0.15, -0.1) is 0 Å². The molecular weight excluding hydrogens is 423 g/mol. The molecule has 0 atom stereocenters. The van der Waals surface area contributed by atoms with Crippen LogP contribution in [-0.2, 0) is 0 Å². The highest BCUT2D eigenvalue weighted by Crippen LogP contribution is 2.54. The van der Waals surface area contributed by atoms with Crippen molar-refractivity contribution in [1.82, 2.24) is 0 Å². The standard InChI is InChI=1S/C28H16N4P/c29-17-21-1-9-25(10-2-21)33(26-11-3-22(18-30)4-12-26,27-13-5-23(19-31)6-14-27)28-15-7-24(20-32)8-16-28/h1-16H/q+1. The Balaban J connectivity index is 2.11. The van der Waals surface area contributed by atoms with Gasteiger partial charge in [0, 0.05) is 0 Å². The van der Waals surface area contributed by atoms with Crippen LogP contribution < -0.4 is 21.2 Å². The normalized spacial score (nSPS) is 10.3. The fourth-order valence-electron chi connectivity index (χ4n) is 3.93. The first-order valence-corrected chi connectivity index (χ1v) is 11.9. The summed E-state index contributed by atoms with van der Waals surface area (Å²) < 4.78 is 0. The summed E-state index contributed by atoms with van der Waals surface area (Å²) >= 11 is 0. The first-order chi connectivity index (χ1) is 16.1. The average molecular weight is 439 g/mol. The Kier molecular flexibility index (Phi) is 5.98. The lowest BCUT2D eigenvalue weighted by atomic mass is 10.2. The van der Waals surface area contributed by atoms with Crippen LogP contribution in [0.4, 0.5) is 0 Å². The van der Waals surface area contributed by atoms with E-state index in [9.17, 15) is 21.0 Å². The zero-order valence-electron chi connectivity index (χ0n) is 17.5. The zero-order valence-corrected chi connectivity index (χ0v) is 18.4. The maximum absolute atomic E-state index is 9.32. The molecule has 4 aromatic carbocycles. The highest BCUT2D eigenvalue weighted by atomic mass is 31.2. The zero-order chi connectivity index (χ0) is 23.3. The predicted molar refractivity (Wildman–Crippen MR) is 130 cm³/mol. The van der Waals surface area contributed by atoms with E-state index in [1.165, 1.54) is 0 Å². The van der Waals surface area contributed by atoms with E-state index < -0.39 is 7.26 Å². The van der Waals surface area contributed by atoms with Gasteiger partial charge >= 0.3 is 0 Å². The molecule has 4 rings (SSSR count). The van der Waals surface area contributed by atoms with E-state index in [0.717, 1.165) is 21.2 Å². The van der Waals surface area contributed by atoms with Crippen molar-refractivity contribution in [2.24, 2.45) is 0 Å².